The molecule has 0 saturated carbocycles. The van der Waals surface area contributed by atoms with Crippen molar-refractivity contribution < 1.29 is 19.4 Å². The Bertz CT molecular complexity index is 659. The molecule has 0 aromatic heterocycles. The van der Waals surface area contributed by atoms with Crippen molar-refractivity contribution in [3.05, 3.63) is 65.0 Å². The van der Waals surface area contributed by atoms with Gasteiger partial charge in [-0.3, -0.25) is 0 Å². The summed E-state index contributed by atoms with van der Waals surface area (Å²) in [6, 6.07) is 11.2. The van der Waals surface area contributed by atoms with E-state index in [0.717, 1.165) is 0 Å². The minimum atomic E-state index is -0.513. The largest absolute Gasteiger partial charge is 0.488 e. The summed E-state index contributed by atoms with van der Waals surface area (Å²) < 4.78 is 19.4. The molecular weight excluding hydrogens is 275 g/mol. The lowest BCUT2D eigenvalue weighted by Gasteiger charge is -2.11. The molecule has 2 aromatic rings. The lowest BCUT2D eigenvalue weighted by Crippen LogP contribution is -2.13. The topological polar surface area (TPSA) is 88.1 Å². The number of oxime groups is 1. The molecule has 6 heteroatoms. The number of rotatable bonds is 5. The molecule has 0 aliphatic heterocycles. The van der Waals surface area contributed by atoms with E-state index in [1.165, 1.54) is 18.2 Å². The summed E-state index contributed by atoms with van der Waals surface area (Å²) in [6.45, 7) is -0.139. The van der Waals surface area contributed by atoms with Crippen LogP contribution in [-0.4, -0.2) is 16.1 Å². The Balaban J connectivity index is 2.14. The fourth-order valence-electron chi connectivity index (χ4n) is 1.81. The van der Waals surface area contributed by atoms with Crippen LogP contribution in [0.1, 0.15) is 16.7 Å². The molecule has 2 rings (SSSR count). The normalized spacial score (nSPS) is 11.4. The second-order valence-electron chi connectivity index (χ2n) is 4.35. The Labute approximate surface area is 121 Å². The van der Waals surface area contributed by atoms with Gasteiger partial charge in [0.05, 0.1) is 6.61 Å². The molecule has 0 atom stereocenters. The average molecular weight is 290 g/mol. The summed E-state index contributed by atoms with van der Waals surface area (Å²) in [5.41, 5.74) is 6.64. The highest BCUT2D eigenvalue weighted by Crippen LogP contribution is 2.20. The number of benzene rings is 2. The Hall–Kier alpha value is -2.60. The maximum absolute atomic E-state index is 13.9. The van der Waals surface area contributed by atoms with E-state index in [-0.39, 0.29) is 24.6 Å². The van der Waals surface area contributed by atoms with E-state index in [2.05, 4.69) is 5.16 Å². The first-order valence-corrected chi connectivity index (χ1v) is 6.23. The fourth-order valence-corrected chi connectivity index (χ4v) is 1.81. The summed E-state index contributed by atoms with van der Waals surface area (Å²) >= 11 is 0. The van der Waals surface area contributed by atoms with Gasteiger partial charge in [0.25, 0.3) is 0 Å². The Morgan fingerprint density at radius 3 is 2.62 bits per heavy atom. The Morgan fingerprint density at radius 1 is 1.19 bits per heavy atom. The highest BCUT2D eigenvalue weighted by molar-refractivity contribution is 5.97. The van der Waals surface area contributed by atoms with E-state index in [0.29, 0.717) is 16.9 Å². The van der Waals surface area contributed by atoms with Crippen molar-refractivity contribution in [3.8, 4) is 5.75 Å². The van der Waals surface area contributed by atoms with E-state index in [9.17, 15) is 9.50 Å². The molecule has 0 heterocycles. The van der Waals surface area contributed by atoms with E-state index < -0.39 is 5.82 Å². The number of amidine groups is 1. The van der Waals surface area contributed by atoms with Gasteiger partial charge >= 0.3 is 0 Å². The summed E-state index contributed by atoms with van der Waals surface area (Å²) in [4.78, 5) is 0. The number of aliphatic hydroxyl groups excluding tert-OH is 1. The molecule has 2 aromatic carbocycles. The molecular formula is C15H15FN2O3. The van der Waals surface area contributed by atoms with Crippen LogP contribution in [0.25, 0.3) is 0 Å². The second-order valence-corrected chi connectivity index (χ2v) is 4.35. The quantitative estimate of drug-likeness (QED) is 0.340. The third kappa shape index (κ3) is 3.49. The van der Waals surface area contributed by atoms with E-state index >= 15 is 0 Å². The van der Waals surface area contributed by atoms with Crippen LogP contribution in [-0.2, 0) is 13.2 Å². The fraction of sp³-hybridized carbons (Fsp3) is 0.133. The lowest BCUT2D eigenvalue weighted by atomic mass is 10.1. The van der Waals surface area contributed by atoms with Gasteiger partial charge in [0.15, 0.2) is 5.84 Å². The molecule has 0 aliphatic rings. The zero-order valence-electron chi connectivity index (χ0n) is 11.2. The number of nitrogens with two attached hydrogens (primary N) is 1. The minimum absolute atomic E-state index is 0.0132. The monoisotopic (exact) mass is 290 g/mol. The van der Waals surface area contributed by atoms with Gasteiger partial charge in [-0.2, -0.15) is 0 Å². The molecule has 21 heavy (non-hydrogen) atoms. The maximum Gasteiger partial charge on any atom is 0.170 e. The number of hydrogen-bond donors (Lipinski definition) is 3. The molecule has 0 spiro atoms. The molecule has 5 nitrogen and oxygen atoms in total. The molecule has 0 saturated heterocycles. The SMILES string of the molecule is NC(=NO)c1ccc(COc2ccccc2CO)c(F)c1. The van der Waals surface area contributed by atoms with Gasteiger partial charge in [0.1, 0.15) is 18.2 Å². The number of halogens is 1. The summed E-state index contributed by atoms with van der Waals surface area (Å²) in [5.74, 6) is -0.174. The molecule has 0 aliphatic carbocycles. The molecule has 0 fully saturated rings. The van der Waals surface area contributed by atoms with Crippen LogP contribution < -0.4 is 10.5 Å². The standard InChI is InChI=1S/C15H15FN2O3/c16-13-7-10(15(17)18-20)5-6-12(13)9-21-14-4-2-1-3-11(14)8-19/h1-7,19-20H,8-9H2,(H2,17,18). The molecule has 0 unspecified atom stereocenters. The van der Waals surface area contributed by atoms with E-state index in [1.54, 1.807) is 24.3 Å². The molecule has 0 radical (unpaired) electrons. The molecule has 110 valence electrons. The van der Waals surface area contributed by atoms with Crippen LogP contribution >= 0.6 is 0 Å². The first kappa shape index (κ1) is 14.8. The van der Waals surface area contributed by atoms with Crippen LogP contribution in [0.3, 0.4) is 0 Å². The lowest BCUT2D eigenvalue weighted by molar-refractivity contribution is 0.257. The van der Waals surface area contributed by atoms with Crippen LogP contribution in [0.4, 0.5) is 4.39 Å². The molecule has 0 amide bonds. The third-order valence-electron chi connectivity index (χ3n) is 2.98. The average Bonchev–Trinajstić information content (AvgIpc) is 2.53. The van der Waals surface area contributed by atoms with Crippen LogP contribution in [0.15, 0.2) is 47.6 Å². The first-order chi connectivity index (χ1) is 10.2. The Morgan fingerprint density at radius 2 is 1.95 bits per heavy atom. The van der Waals surface area contributed by atoms with Crippen molar-refractivity contribution in [2.75, 3.05) is 0 Å². The number of ether oxygens (including phenoxy) is 1. The summed E-state index contributed by atoms with van der Waals surface area (Å²) in [6.07, 6.45) is 0. The number of aliphatic hydroxyl groups is 1. The molecule has 4 N–H and O–H groups in total. The number of nitrogens with zero attached hydrogens (tertiary/aromatic N) is 1. The van der Waals surface area contributed by atoms with Crippen molar-refractivity contribution in [1.29, 1.82) is 0 Å². The van der Waals surface area contributed by atoms with Crippen LogP contribution in [0.2, 0.25) is 0 Å². The van der Waals surface area contributed by atoms with Crippen molar-refractivity contribution in [1.82, 2.24) is 0 Å². The highest BCUT2D eigenvalue weighted by atomic mass is 19.1. The van der Waals surface area contributed by atoms with Crippen molar-refractivity contribution in [2.45, 2.75) is 13.2 Å². The van der Waals surface area contributed by atoms with Gasteiger partial charge < -0.3 is 20.8 Å². The number of para-hydroxylation sites is 1. The Kier molecular flexibility index (Phi) is 4.73. The van der Waals surface area contributed by atoms with Crippen LogP contribution in [0, 0.1) is 5.82 Å². The number of hydrogen-bond acceptors (Lipinski definition) is 4. The van der Waals surface area contributed by atoms with Gasteiger partial charge in [-0.05, 0) is 12.1 Å². The van der Waals surface area contributed by atoms with Crippen LogP contribution in [0.5, 0.6) is 5.75 Å². The van der Waals surface area contributed by atoms with Crippen molar-refractivity contribution in [3.63, 3.8) is 0 Å². The van der Waals surface area contributed by atoms with Crippen molar-refractivity contribution in [2.24, 2.45) is 10.9 Å². The summed E-state index contributed by atoms with van der Waals surface area (Å²) in [7, 11) is 0. The van der Waals surface area contributed by atoms with E-state index in [1.807, 2.05) is 0 Å². The van der Waals surface area contributed by atoms with Gasteiger partial charge in [0, 0.05) is 16.7 Å². The van der Waals surface area contributed by atoms with Gasteiger partial charge in [-0.1, -0.05) is 35.5 Å². The smallest absolute Gasteiger partial charge is 0.170 e. The predicted octanol–water partition coefficient (Wildman–Crippen LogP) is 1.99. The summed E-state index contributed by atoms with van der Waals surface area (Å²) in [5, 5.41) is 20.6. The minimum Gasteiger partial charge on any atom is -0.488 e. The van der Waals surface area contributed by atoms with Gasteiger partial charge in [-0.15, -0.1) is 0 Å². The van der Waals surface area contributed by atoms with E-state index in [4.69, 9.17) is 15.7 Å². The van der Waals surface area contributed by atoms with Gasteiger partial charge in [-0.25, -0.2) is 4.39 Å². The maximum atomic E-state index is 13.9. The van der Waals surface area contributed by atoms with Gasteiger partial charge in [0.2, 0.25) is 0 Å². The zero-order valence-corrected chi connectivity index (χ0v) is 11.2. The zero-order chi connectivity index (χ0) is 15.2. The third-order valence-corrected chi connectivity index (χ3v) is 2.98. The van der Waals surface area contributed by atoms with Crippen molar-refractivity contribution >= 4 is 5.84 Å². The second kappa shape index (κ2) is 6.71. The molecule has 0 bridgehead atoms. The first-order valence-electron chi connectivity index (χ1n) is 6.23. The highest BCUT2D eigenvalue weighted by Gasteiger charge is 2.08. The predicted molar refractivity (Wildman–Crippen MR) is 75.6 cm³/mol.